The summed E-state index contributed by atoms with van der Waals surface area (Å²) in [5.74, 6) is -0.503. The van der Waals surface area contributed by atoms with Crippen molar-refractivity contribution in [2.24, 2.45) is 0 Å². The molecule has 1 fully saturated rings. The molecule has 0 atom stereocenters. The molecule has 1 saturated heterocycles. The summed E-state index contributed by atoms with van der Waals surface area (Å²) < 4.78 is 6.06. The zero-order chi connectivity index (χ0) is 19.0. The van der Waals surface area contributed by atoms with E-state index < -0.39 is 0 Å². The monoisotopic (exact) mass is 396 g/mol. The number of benzene rings is 2. The van der Waals surface area contributed by atoms with Crippen LogP contribution >= 0.6 is 24.0 Å². The molecule has 0 bridgehead atoms. The number of carbonyl (C=O) groups excluding carboxylic acids is 3. The van der Waals surface area contributed by atoms with Crippen molar-refractivity contribution in [1.29, 1.82) is 0 Å². The molecule has 2 heterocycles. The van der Waals surface area contributed by atoms with Crippen molar-refractivity contribution in [3.8, 4) is 5.75 Å². The molecular formula is C19H12N2O4S2. The van der Waals surface area contributed by atoms with Gasteiger partial charge in [-0.05, 0) is 35.9 Å². The van der Waals surface area contributed by atoms with Crippen molar-refractivity contribution in [1.82, 2.24) is 10.2 Å². The third kappa shape index (κ3) is 3.36. The Morgan fingerprint density at radius 1 is 1.04 bits per heavy atom. The minimum Gasteiger partial charge on any atom is -0.473 e. The lowest BCUT2D eigenvalue weighted by atomic mass is 10.1. The SMILES string of the molecule is O=C1NC(=S)S/C1=C\c1cccc(OCN2C(=O)c3ccccc3C2=O)c1. The van der Waals surface area contributed by atoms with Crippen LogP contribution in [-0.4, -0.2) is 33.7 Å². The number of ether oxygens (including phenoxy) is 1. The molecule has 0 aliphatic carbocycles. The molecule has 0 unspecified atom stereocenters. The minimum atomic E-state index is -0.374. The van der Waals surface area contributed by atoms with Crippen LogP contribution in [0.4, 0.5) is 0 Å². The molecule has 27 heavy (non-hydrogen) atoms. The van der Waals surface area contributed by atoms with Gasteiger partial charge in [-0.2, -0.15) is 0 Å². The summed E-state index contributed by atoms with van der Waals surface area (Å²) in [6.45, 7) is -0.189. The van der Waals surface area contributed by atoms with Crippen molar-refractivity contribution in [2.75, 3.05) is 6.73 Å². The number of imide groups is 1. The van der Waals surface area contributed by atoms with E-state index in [0.29, 0.717) is 26.1 Å². The molecule has 8 heteroatoms. The Morgan fingerprint density at radius 2 is 1.74 bits per heavy atom. The topological polar surface area (TPSA) is 75.7 Å². The Kier molecular flexibility index (Phi) is 4.51. The van der Waals surface area contributed by atoms with Crippen LogP contribution in [0.25, 0.3) is 6.08 Å². The molecule has 2 aliphatic heterocycles. The number of nitrogens with one attached hydrogen (secondary N) is 1. The third-order valence-corrected chi connectivity index (χ3v) is 5.20. The summed E-state index contributed by atoms with van der Waals surface area (Å²) >= 11 is 6.16. The Hall–Kier alpha value is -2.97. The molecule has 4 rings (SSSR count). The number of thiocarbonyl (C=S) groups is 1. The summed E-state index contributed by atoms with van der Waals surface area (Å²) in [7, 11) is 0. The fourth-order valence-corrected chi connectivity index (χ4v) is 3.81. The van der Waals surface area contributed by atoms with E-state index >= 15 is 0 Å². The Morgan fingerprint density at radius 3 is 2.37 bits per heavy atom. The van der Waals surface area contributed by atoms with Crippen LogP contribution in [0.5, 0.6) is 5.75 Å². The van der Waals surface area contributed by atoms with Crippen molar-refractivity contribution in [2.45, 2.75) is 0 Å². The van der Waals surface area contributed by atoms with Gasteiger partial charge in [0.05, 0.1) is 16.0 Å². The quantitative estimate of drug-likeness (QED) is 0.487. The number of nitrogens with zero attached hydrogens (tertiary/aromatic N) is 1. The smallest absolute Gasteiger partial charge is 0.264 e. The zero-order valence-corrected chi connectivity index (χ0v) is 15.4. The molecule has 1 N–H and O–H groups in total. The van der Waals surface area contributed by atoms with Gasteiger partial charge in [0.1, 0.15) is 10.1 Å². The molecular weight excluding hydrogens is 384 g/mol. The Balaban J connectivity index is 1.48. The van der Waals surface area contributed by atoms with Crippen molar-refractivity contribution in [3.63, 3.8) is 0 Å². The standard InChI is InChI=1S/C19H12N2O4S2/c22-16-15(27-19(26)20-16)9-11-4-3-5-12(8-11)25-10-21-17(23)13-6-1-2-7-14(13)18(21)24/h1-9H,10H2,(H,20,22,26)/b15-9-. The summed E-state index contributed by atoms with van der Waals surface area (Å²) in [6, 6.07) is 13.7. The molecule has 0 saturated carbocycles. The number of hydrogen-bond donors (Lipinski definition) is 1. The van der Waals surface area contributed by atoms with Gasteiger partial charge in [0.15, 0.2) is 6.73 Å². The zero-order valence-electron chi connectivity index (χ0n) is 13.8. The summed E-state index contributed by atoms with van der Waals surface area (Å²) in [5, 5.41) is 2.56. The van der Waals surface area contributed by atoms with E-state index in [1.54, 1.807) is 48.5 Å². The maximum atomic E-state index is 12.3. The van der Waals surface area contributed by atoms with Crippen LogP contribution in [0.3, 0.4) is 0 Å². The third-order valence-electron chi connectivity index (χ3n) is 4.04. The fourth-order valence-electron chi connectivity index (χ4n) is 2.76. The van der Waals surface area contributed by atoms with Gasteiger partial charge in [0, 0.05) is 0 Å². The van der Waals surface area contributed by atoms with E-state index in [9.17, 15) is 14.4 Å². The molecule has 2 aromatic rings. The summed E-state index contributed by atoms with van der Waals surface area (Å²) in [4.78, 5) is 38.0. The van der Waals surface area contributed by atoms with Gasteiger partial charge in [-0.3, -0.25) is 14.4 Å². The van der Waals surface area contributed by atoms with Crippen LogP contribution in [0.1, 0.15) is 26.3 Å². The van der Waals surface area contributed by atoms with Crippen LogP contribution < -0.4 is 10.1 Å². The first-order valence-electron chi connectivity index (χ1n) is 7.96. The number of rotatable bonds is 4. The largest absolute Gasteiger partial charge is 0.473 e. The number of fused-ring (bicyclic) bond motifs is 1. The Bertz CT molecular complexity index is 997. The lowest BCUT2D eigenvalue weighted by molar-refractivity contribution is -0.115. The van der Waals surface area contributed by atoms with E-state index in [2.05, 4.69) is 5.32 Å². The number of hydrogen-bond acceptors (Lipinski definition) is 6. The molecule has 6 nitrogen and oxygen atoms in total. The van der Waals surface area contributed by atoms with Gasteiger partial charge in [0.2, 0.25) is 0 Å². The second kappa shape index (κ2) is 6.98. The fraction of sp³-hybridized carbons (Fsp3) is 0.0526. The van der Waals surface area contributed by atoms with E-state index in [4.69, 9.17) is 17.0 Å². The lowest BCUT2D eigenvalue weighted by Gasteiger charge is -2.15. The van der Waals surface area contributed by atoms with Crippen molar-refractivity contribution in [3.05, 3.63) is 70.1 Å². The average Bonchev–Trinajstić information content (AvgIpc) is 3.10. The maximum Gasteiger partial charge on any atom is 0.264 e. The second-order valence-corrected chi connectivity index (χ2v) is 7.50. The second-order valence-electron chi connectivity index (χ2n) is 5.78. The molecule has 2 aromatic carbocycles. The van der Waals surface area contributed by atoms with E-state index in [0.717, 1.165) is 10.5 Å². The first-order chi connectivity index (χ1) is 13.0. The minimum absolute atomic E-state index is 0.189. The highest BCUT2D eigenvalue weighted by Gasteiger charge is 2.35. The van der Waals surface area contributed by atoms with Crippen molar-refractivity contribution < 1.29 is 19.1 Å². The maximum absolute atomic E-state index is 12.3. The predicted octanol–water partition coefficient (Wildman–Crippen LogP) is 2.81. The van der Waals surface area contributed by atoms with Gasteiger partial charge in [-0.25, -0.2) is 4.90 Å². The number of amides is 3. The molecule has 0 aromatic heterocycles. The van der Waals surface area contributed by atoms with Crippen LogP contribution in [0.2, 0.25) is 0 Å². The van der Waals surface area contributed by atoms with E-state index in [-0.39, 0.29) is 24.5 Å². The Labute approximate surface area is 164 Å². The van der Waals surface area contributed by atoms with Gasteiger partial charge >= 0.3 is 0 Å². The molecule has 0 radical (unpaired) electrons. The lowest BCUT2D eigenvalue weighted by Crippen LogP contribution is -2.33. The highest BCUT2D eigenvalue weighted by molar-refractivity contribution is 8.26. The summed E-state index contributed by atoms with van der Waals surface area (Å²) in [6.07, 6.45) is 1.70. The van der Waals surface area contributed by atoms with Gasteiger partial charge in [-0.15, -0.1) is 0 Å². The van der Waals surface area contributed by atoms with E-state index in [1.807, 2.05) is 6.07 Å². The predicted molar refractivity (Wildman–Crippen MR) is 105 cm³/mol. The highest BCUT2D eigenvalue weighted by atomic mass is 32.2. The highest BCUT2D eigenvalue weighted by Crippen LogP contribution is 2.27. The van der Waals surface area contributed by atoms with Crippen molar-refractivity contribution >= 4 is 52.1 Å². The van der Waals surface area contributed by atoms with Gasteiger partial charge < -0.3 is 10.1 Å². The number of thioether (sulfide) groups is 1. The van der Waals surface area contributed by atoms with E-state index in [1.165, 1.54) is 11.8 Å². The first kappa shape index (κ1) is 17.4. The van der Waals surface area contributed by atoms with Gasteiger partial charge in [0.25, 0.3) is 17.7 Å². The molecule has 3 amide bonds. The number of carbonyl (C=O) groups is 3. The first-order valence-corrected chi connectivity index (χ1v) is 9.18. The molecule has 0 spiro atoms. The summed E-state index contributed by atoms with van der Waals surface area (Å²) in [5.41, 5.74) is 1.51. The van der Waals surface area contributed by atoms with Crippen LogP contribution in [0.15, 0.2) is 53.4 Å². The molecule has 134 valence electrons. The van der Waals surface area contributed by atoms with Gasteiger partial charge in [-0.1, -0.05) is 48.2 Å². The average molecular weight is 396 g/mol. The molecule has 2 aliphatic rings. The van der Waals surface area contributed by atoms with Crippen LogP contribution in [-0.2, 0) is 4.79 Å². The normalized spacial score (nSPS) is 17.5. The van der Waals surface area contributed by atoms with Crippen LogP contribution in [0, 0.1) is 0 Å².